The Morgan fingerprint density at radius 2 is 1.47 bits per heavy atom. The van der Waals surface area contributed by atoms with Crippen LogP contribution in [-0.2, 0) is 28.5 Å². The van der Waals surface area contributed by atoms with E-state index in [4.69, 9.17) is 28.8 Å². The largest absolute Gasteiger partial charge is 0.479 e. The maximum atomic E-state index is 11.1. The maximum Gasteiger partial charge on any atom is 0.335 e. The first-order valence-electron chi connectivity index (χ1n) is 5.10. The summed E-state index contributed by atoms with van der Waals surface area (Å²) in [6.07, 6.45) is -3.84. The van der Waals surface area contributed by atoms with Crippen molar-refractivity contribution in [2.24, 2.45) is 0 Å². The molecule has 1 heterocycles. The number of carbonyl (C=O) groups is 1. The van der Waals surface area contributed by atoms with Crippen LogP contribution < -0.4 is 0 Å². The fourth-order valence-electron chi connectivity index (χ4n) is 1.97. The lowest BCUT2D eigenvalue weighted by molar-refractivity contribution is -0.299. The van der Waals surface area contributed by atoms with Gasteiger partial charge in [0.15, 0.2) is 12.4 Å². The van der Waals surface area contributed by atoms with Crippen molar-refractivity contribution < 1.29 is 33.6 Å². The summed E-state index contributed by atoms with van der Waals surface area (Å²) in [4.78, 5) is 11.1. The van der Waals surface area contributed by atoms with E-state index in [1.165, 1.54) is 28.4 Å². The van der Waals surface area contributed by atoms with Crippen LogP contribution in [0.1, 0.15) is 0 Å². The summed E-state index contributed by atoms with van der Waals surface area (Å²) in [5.41, 5.74) is 0. The number of ether oxygens (including phenoxy) is 5. The molecule has 0 aromatic rings. The molecule has 5 atom stereocenters. The predicted octanol–water partition coefficient (Wildman–Crippen LogP) is -0.513. The van der Waals surface area contributed by atoms with E-state index in [0.29, 0.717) is 0 Å². The first-order chi connectivity index (χ1) is 8.10. The van der Waals surface area contributed by atoms with Crippen LogP contribution in [0.25, 0.3) is 0 Å². The van der Waals surface area contributed by atoms with Crippen LogP contribution in [0.2, 0.25) is 0 Å². The second-order valence-corrected chi connectivity index (χ2v) is 3.60. The quantitative estimate of drug-likeness (QED) is 0.703. The number of rotatable bonds is 5. The van der Waals surface area contributed by atoms with E-state index in [9.17, 15) is 4.79 Å². The van der Waals surface area contributed by atoms with Crippen molar-refractivity contribution in [3.63, 3.8) is 0 Å². The van der Waals surface area contributed by atoms with Gasteiger partial charge in [0.1, 0.15) is 18.3 Å². The Kier molecular flexibility index (Phi) is 5.29. The monoisotopic (exact) mass is 250 g/mol. The Bertz CT molecular complexity index is 257. The first-order valence-corrected chi connectivity index (χ1v) is 5.10. The topological polar surface area (TPSA) is 83.5 Å². The van der Waals surface area contributed by atoms with Crippen LogP contribution in [0.15, 0.2) is 0 Å². The molecule has 0 aromatic heterocycles. The average Bonchev–Trinajstić information content (AvgIpc) is 2.35. The van der Waals surface area contributed by atoms with Crippen molar-refractivity contribution in [3.05, 3.63) is 0 Å². The summed E-state index contributed by atoms with van der Waals surface area (Å²) in [7, 11) is 5.74. The molecular formula is C10H18O7. The molecule has 0 unspecified atom stereocenters. The Hall–Kier alpha value is -0.730. The molecule has 7 heteroatoms. The third-order valence-electron chi connectivity index (χ3n) is 2.79. The van der Waals surface area contributed by atoms with Gasteiger partial charge in [-0.05, 0) is 0 Å². The van der Waals surface area contributed by atoms with Gasteiger partial charge >= 0.3 is 5.97 Å². The molecule has 17 heavy (non-hydrogen) atoms. The third kappa shape index (κ3) is 2.75. The molecule has 0 amide bonds. The van der Waals surface area contributed by atoms with Gasteiger partial charge in [0.05, 0.1) is 0 Å². The van der Waals surface area contributed by atoms with Crippen molar-refractivity contribution in [3.8, 4) is 0 Å². The standard InChI is InChI=1S/C10H18O7/c1-13-5-6(14-2)8(15-3)10(16-4)17-7(5)9(11)12/h5-8,10H,1-4H3,(H,11,12)/t5-,6-,7-,8+,10+/m0/s1. The summed E-state index contributed by atoms with van der Waals surface area (Å²) in [5, 5.41) is 9.07. The van der Waals surface area contributed by atoms with Crippen LogP contribution in [0.4, 0.5) is 0 Å². The highest BCUT2D eigenvalue weighted by molar-refractivity contribution is 5.73. The van der Waals surface area contributed by atoms with E-state index in [2.05, 4.69) is 0 Å². The van der Waals surface area contributed by atoms with Crippen molar-refractivity contribution >= 4 is 5.97 Å². The van der Waals surface area contributed by atoms with Crippen molar-refractivity contribution in [2.45, 2.75) is 30.7 Å². The van der Waals surface area contributed by atoms with Gasteiger partial charge in [-0.1, -0.05) is 0 Å². The zero-order valence-corrected chi connectivity index (χ0v) is 10.3. The molecule has 1 rings (SSSR count). The maximum absolute atomic E-state index is 11.1. The van der Waals surface area contributed by atoms with Crippen molar-refractivity contribution in [1.29, 1.82) is 0 Å². The zero-order valence-electron chi connectivity index (χ0n) is 10.3. The smallest absolute Gasteiger partial charge is 0.335 e. The lowest BCUT2D eigenvalue weighted by Gasteiger charge is -2.42. The minimum Gasteiger partial charge on any atom is -0.479 e. The summed E-state index contributed by atoms with van der Waals surface area (Å²) in [5.74, 6) is -1.13. The van der Waals surface area contributed by atoms with Crippen molar-refractivity contribution in [1.82, 2.24) is 0 Å². The highest BCUT2D eigenvalue weighted by atomic mass is 16.7. The SMILES string of the molecule is CO[C@@H]1O[C@H](C(=O)O)[C@@H](OC)[C@H](OC)[C@H]1OC. The number of hydrogen-bond donors (Lipinski definition) is 1. The number of carboxylic acid groups (broad SMARTS) is 1. The fourth-order valence-corrected chi connectivity index (χ4v) is 1.97. The molecule has 1 saturated heterocycles. The molecule has 100 valence electrons. The van der Waals surface area contributed by atoms with E-state index < -0.39 is 36.7 Å². The van der Waals surface area contributed by atoms with Crippen LogP contribution in [-0.4, -0.2) is 70.2 Å². The van der Waals surface area contributed by atoms with Crippen LogP contribution in [0.5, 0.6) is 0 Å². The highest BCUT2D eigenvalue weighted by Gasteiger charge is 2.50. The van der Waals surface area contributed by atoms with E-state index in [1.54, 1.807) is 0 Å². The van der Waals surface area contributed by atoms with E-state index >= 15 is 0 Å². The van der Waals surface area contributed by atoms with Crippen LogP contribution in [0, 0.1) is 0 Å². The molecule has 1 aliphatic rings. The molecule has 1 aliphatic heterocycles. The van der Waals surface area contributed by atoms with Gasteiger partial charge in [0.2, 0.25) is 0 Å². The molecule has 1 fully saturated rings. The van der Waals surface area contributed by atoms with Crippen molar-refractivity contribution in [2.75, 3.05) is 28.4 Å². The van der Waals surface area contributed by atoms with Gasteiger partial charge in [-0.2, -0.15) is 0 Å². The van der Waals surface area contributed by atoms with Gasteiger partial charge in [0.25, 0.3) is 0 Å². The molecule has 0 aromatic carbocycles. The van der Waals surface area contributed by atoms with Crippen LogP contribution >= 0.6 is 0 Å². The van der Waals surface area contributed by atoms with Gasteiger partial charge in [-0.25, -0.2) is 4.79 Å². The summed E-state index contributed by atoms with van der Waals surface area (Å²) in [6, 6.07) is 0. The Labute approximate surface area is 99.5 Å². The third-order valence-corrected chi connectivity index (χ3v) is 2.79. The number of carboxylic acids is 1. The minimum absolute atomic E-state index is 0.550. The first kappa shape index (κ1) is 14.3. The predicted molar refractivity (Wildman–Crippen MR) is 55.7 cm³/mol. The number of aliphatic carboxylic acids is 1. The van der Waals surface area contributed by atoms with E-state index in [0.717, 1.165) is 0 Å². The van der Waals surface area contributed by atoms with Gasteiger partial charge < -0.3 is 28.8 Å². The summed E-state index contributed by atoms with van der Waals surface area (Å²) < 4.78 is 25.9. The van der Waals surface area contributed by atoms with Gasteiger partial charge in [0, 0.05) is 28.4 Å². The minimum atomic E-state index is -1.15. The molecule has 1 N–H and O–H groups in total. The lowest BCUT2D eigenvalue weighted by Crippen LogP contribution is -2.61. The molecular weight excluding hydrogens is 232 g/mol. The van der Waals surface area contributed by atoms with Crippen LogP contribution in [0.3, 0.4) is 0 Å². The molecule has 0 aliphatic carbocycles. The number of methoxy groups -OCH3 is 4. The lowest BCUT2D eigenvalue weighted by atomic mass is 9.98. The Balaban J connectivity index is 2.96. The zero-order chi connectivity index (χ0) is 13.0. The second-order valence-electron chi connectivity index (χ2n) is 3.60. The average molecular weight is 250 g/mol. The highest BCUT2D eigenvalue weighted by Crippen LogP contribution is 2.27. The fraction of sp³-hybridized carbons (Fsp3) is 0.900. The van der Waals surface area contributed by atoms with Gasteiger partial charge in [-0.3, -0.25) is 0 Å². The molecule has 0 bridgehead atoms. The summed E-state index contributed by atoms with van der Waals surface area (Å²) in [6.45, 7) is 0. The number of hydrogen-bond acceptors (Lipinski definition) is 6. The van der Waals surface area contributed by atoms with E-state index in [1.807, 2.05) is 0 Å². The molecule has 0 spiro atoms. The summed E-state index contributed by atoms with van der Waals surface area (Å²) >= 11 is 0. The molecule has 0 radical (unpaired) electrons. The van der Waals surface area contributed by atoms with E-state index in [-0.39, 0.29) is 0 Å². The Morgan fingerprint density at radius 1 is 0.941 bits per heavy atom. The van der Waals surface area contributed by atoms with Gasteiger partial charge in [-0.15, -0.1) is 0 Å². The normalized spacial score (nSPS) is 38.0. The molecule has 0 saturated carbocycles. The second kappa shape index (κ2) is 6.27. The Morgan fingerprint density at radius 3 is 1.82 bits per heavy atom. The molecule has 7 nitrogen and oxygen atoms in total.